The van der Waals surface area contributed by atoms with Crippen molar-refractivity contribution in [2.45, 2.75) is 25.4 Å². The van der Waals surface area contributed by atoms with Crippen LogP contribution in [-0.2, 0) is 6.42 Å². The van der Waals surface area contributed by atoms with Gasteiger partial charge in [-0.15, -0.1) is 0 Å². The number of halogens is 4. The van der Waals surface area contributed by atoms with Crippen LogP contribution in [0, 0.1) is 5.92 Å². The van der Waals surface area contributed by atoms with E-state index in [-0.39, 0.29) is 6.42 Å². The fraction of sp³-hybridized carbons (Fsp3) is 0.263. The maximum Gasteiger partial charge on any atom is 0.395 e. The highest BCUT2D eigenvalue weighted by Crippen LogP contribution is 2.44. The van der Waals surface area contributed by atoms with Crippen LogP contribution in [0.3, 0.4) is 0 Å². The summed E-state index contributed by atoms with van der Waals surface area (Å²) in [7, 11) is 0. The standard InChI is InChI=1S/C19H14BrF3/c20-14-4-8-16-12(10-14)2-6-17-15-7-3-13(19(21,22)23)9-11(15)1-5-18(16)17/h2-4,6-8,10,13H,1,5,9H2. The molecule has 1 unspecified atom stereocenters. The van der Waals surface area contributed by atoms with E-state index in [9.17, 15) is 13.2 Å². The number of benzene rings is 2. The van der Waals surface area contributed by atoms with Crippen LogP contribution in [0.1, 0.15) is 24.0 Å². The van der Waals surface area contributed by atoms with Crippen LogP contribution in [0.5, 0.6) is 0 Å². The summed E-state index contributed by atoms with van der Waals surface area (Å²) in [5.74, 6) is -1.33. The number of fused-ring (bicyclic) bond motifs is 4. The molecule has 0 aliphatic heterocycles. The van der Waals surface area contributed by atoms with Crippen LogP contribution < -0.4 is 0 Å². The molecule has 4 rings (SSSR count). The summed E-state index contributed by atoms with van der Waals surface area (Å²) in [6, 6.07) is 10.3. The predicted octanol–water partition coefficient (Wildman–Crippen LogP) is 6.44. The average molecular weight is 379 g/mol. The molecule has 0 aromatic heterocycles. The molecule has 0 spiro atoms. The zero-order valence-electron chi connectivity index (χ0n) is 12.3. The Morgan fingerprint density at radius 3 is 2.65 bits per heavy atom. The number of allylic oxidation sites excluding steroid dienone is 4. The molecule has 2 aliphatic rings. The van der Waals surface area contributed by atoms with E-state index < -0.39 is 12.1 Å². The molecule has 0 amide bonds. The van der Waals surface area contributed by atoms with Gasteiger partial charge in [0.25, 0.3) is 0 Å². The zero-order valence-corrected chi connectivity index (χ0v) is 13.8. The molecular weight excluding hydrogens is 365 g/mol. The lowest BCUT2D eigenvalue weighted by atomic mass is 9.77. The fourth-order valence-corrected chi connectivity index (χ4v) is 4.06. The van der Waals surface area contributed by atoms with Crippen molar-refractivity contribution in [3.05, 3.63) is 63.7 Å². The number of hydrogen-bond acceptors (Lipinski definition) is 0. The molecule has 0 radical (unpaired) electrons. The highest BCUT2D eigenvalue weighted by atomic mass is 79.9. The van der Waals surface area contributed by atoms with Gasteiger partial charge in [-0.25, -0.2) is 0 Å². The molecule has 2 aromatic rings. The van der Waals surface area contributed by atoms with E-state index in [2.05, 4.69) is 40.2 Å². The molecule has 0 fully saturated rings. The van der Waals surface area contributed by atoms with Gasteiger partial charge in [0.1, 0.15) is 0 Å². The Morgan fingerprint density at radius 1 is 1.04 bits per heavy atom. The van der Waals surface area contributed by atoms with Crippen molar-refractivity contribution >= 4 is 32.3 Å². The van der Waals surface area contributed by atoms with Crippen LogP contribution in [-0.4, -0.2) is 6.18 Å². The van der Waals surface area contributed by atoms with Gasteiger partial charge >= 0.3 is 6.18 Å². The Bertz CT molecular complexity index is 859. The molecule has 2 aromatic carbocycles. The number of alkyl halides is 3. The lowest BCUT2D eigenvalue weighted by molar-refractivity contribution is -0.160. The van der Waals surface area contributed by atoms with E-state index in [4.69, 9.17) is 0 Å². The van der Waals surface area contributed by atoms with Crippen LogP contribution in [0.25, 0.3) is 16.3 Å². The topological polar surface area (TPSA) is 0 Å². The van der Waals surface area contributed by atoms with Gasteiger partial charge in [-0.2, -0.15) is 13.2 Å². The minimum absolute atomic E-state index is 0.104. The molecule has 0 bridgehead atoms. The zero-order chi connectivity index (χ0) is 16.2. The first kappa shape index (κ1) is 15.0. The van der Waals surface area contributed by atoms with Gasteiger partial charge in [-0.1, -0.05) is 51.9 Å². The second-order valence-corrected chi connectivity index (χ2v) is 7.10. The van der Waals surface area contributed by atoms with Gasteiger partial charge in [0.15, 0.2) is 0 Å². The molecule has 0 saturated carbocycles. The number of rotatable bonds is 0. The molecule has 0 N–H and O–H groups in total. The first-order valence-electron chi connectivity index (χ1n) is 7.62. The first-order valence-corrected chi connectivity index (χ1v) is 8.41. The quantitative estimate of drug-likeness (QED) is 0.494. The second-order valence-electron chi connectivity index (χ2n) is 6.19. The van der Waals surface area contributed by atoms with Crippen molar-refractivity contribution in [3.63, 3.8) is 0 Å². The smallest absolute Gasteiger partial charge is 0.170 e. The molecule has 4 heteroatoms. The van der Waals surface area contributed by atoms with Gasteiger partial charge in [0.05, 0.1) is 5.92 Å². The lowest BCUT2D eigenvalue weighted by Gasteiger charge is -2.29. The maximum atomic E-state index is 13.0. The van der Waals surface area contributed by atoms with Crippen molar-refractivity contribution in [3.8, 4) is 0 Å². The van der Waals surface area contributed by atoms with Crippen molar-refractivity contribution in [2.24, 2.45) is 5.92 Å². The van der Waals surface area contributed by atoms with E-state index in [1.807, 2.05) is 6.07 Å². The van der Waals surface area contributed by atoms with Crippen molar-refractivity contribution < 1.29 is 13.2 Å². The van der Waals surface area contributed by atoms with Gasteiger partial charge < -0.3 is 0 Å². The van der Waals surface area contributed by atoms with Gasteiger partial charge in [-0.05, 0) is 58.9 Å². The Morgan fingerprint density at radius 2 is 1.87 bits per heavy atom. The monoisotopic (exact) mass is 378 g/mol. The molecule has 23 heavy (non-hydrogen) atoms. The van der Waals surface area contributed by atoms with E-state index in [1.165, 1.54) is 17.0 Å². The summed E-state index contributed by atoms with van der Waals surface area (Å²) in [5.41, 5.74) is 4.29. The molecule has 0 nitrogen and oxygen atoms in total. The molecule has 2 aliphatic carbocycles. The minimum Gasteiger partial charge on any atom is -0.170 e. The number of hydrogen-bond donors (Lipinski definition) is 0. The molecule has 118 valence electrons. The Kier molecular flexibility index (Phi) is 3.41. The Labute approximate surface area is 140 Å². The highest BCUT2D eigenvalue weighted by Gasteiger charge is 2.40. The predicted molar refractivity (Wildman–Crippen MR) is 90.2 cm³/mol. The van der Waals surface area contributed by atoms with Gasteiger partial charge in [0, 0.05) is 4.47 Å². The minimum atomic E-state index is -4.15. The highest BCUT2D eigenvalue weighted by molar-refractivity contribution is 9.10. The van der Waals surface area contributed by atoms with E-state index in [0.29, 0.717) is 6.42 Å². The van der Waals surface area contributed by atoms with Crippen LogP contribution >= 0.6 is 15.9 Å². The van der Waals surface area contributed by atoms with Gasteiger partial charge in [0.2, 0.25) is 0 Å². The third-order valence-electron chi connectivity index (χ3n) is 4.82. The van der Waals surface area contributed by atoms with Crippen LogP contribution in [0.4, 0.5) is 13.2 Å². The normalized spacial score (nSPS) is 20.6. The number of aryl methyl sites for hydroxylation is 1. The van der Waals surface area contributed by atoms with Crippen molar-refractivity contribution in [1.82, 2.24) is 0 Å². The van der Waals surface area contributed by atoms with Crippen LogP contribution in [0.2, 0.25) is 0 Å². The first-order chi connectivity index (χ1) is 10.9. The molecular formula is C19H14BrF3. The average Bonchev–Trinajstić information content (AvgIpc) is 2.52. The largest absolute Gasteiger partial charge is 0.395 e. The summed E-state index contributed by atoms with van der Waals surface area (Å²) >= 11 is 3.48. The van der Waals surface area contributed by atoms with Crippen molar-refractivity contribution in [2.75, 3.05) is 0 Å². The summed E-state index contributed by atoms with van der Waals surface area (Å²) in [6.07, 6.45) is 0.484. The van der Waals surface area contributed by atoms with E-state index in [1.54, 1.807) is 6.08 Å². The third kappa shape index (κ3) is 2.53. The van der Waals surface area contributed by atoms with Gasteiger partial charge in [-0.3, -0.25) is 0 Å². The Hall–Kier alpha value is -1.55. The lowest BCUT2D eigenvalue weighted by Crippen LogP contribution is -2.24. The fourth-order valence-electron chi connectivity index (χ4n) is 3.68. The SMILES string of the molecule is FC(F)(F)C1C=CC2=C(CCc3c2ccc2cc(Br)ccc32)C1. The molecule has 0 saturated heterocycles. The van der Waals surface area contributed by atoms with Crippen LogP contribution in [0.15, 0.2) is 52.5 Å². The maximum absolute atomic E-state index is 13.0. The molecule has 1 atom stereocenters. The van der Waals surface area contributed by atoms with E-state index >= 15 is 0 Å². The summed E-state index contributed by atoms with van der Waals surface area (Å²) < 4.78 is 39.9. The summed E-state index contributed by atoms with van der Waals surface area (Å²) in [5, 5.41) is 2.36. The summed E-state index contributed by atoms with van der Waals surface area (Å²) in [6.45, 7) is 0. The Balaban J connectivity index is 1.82. The van der Waals surface area contributed by atoms with Crippen molar-refractivity contribution in [1.29, 1.82) is 0 Å². The second kappa shape index (κ2) is 5.23. The van der Waals surface area contributed by atoms with E-state index in [0.717, 1.165) is 33.0 Å². The summed E-state index contributed by atoms with van der Waals surface area (Å²) in [4.78, 5) is 0. The molecule has 0 heterocycles. The third-order valence-corrected chi connectivity index (χ3v) is 5.32.